The van der Waals surface area contributed by atoms with Gasteiger partial charge < -0.3 is 4.57 Å². The van der Waals surface area contributed by atoms with Crippen molar-refractivity contribution >= 4 is 21.8 Å². The summed E-state index contributed by atoms with van der Waals surface area (Å²) in [6.45, 7) is 0. The molecule has 0 unspecified atom stereocenters. The van der Waals surface area contributed by atoms with Crippen molar-refractivity contribution in [1.82, 2.24) is 19.5 Å². The first-order valence-electron chi connectivity index (χ1n) is 16.5. The van der Waals surface area contributed by atoms with Gasteiger partial charge in [0.1, 0.15) is 0 Å². The number of para-hydroxylation sites is 2. The van der Waals surface area contributed by atoms with Crippen molar-refractivity contribution in [2.45, 2.75) is 0 Å². The van der Waals surface area contributed by atoms with Crippen molar-refractivity contribution in [3.8, 4) is 62.1 Å². The molecule has 0 saturated carbocycles. The van der Waals surface area contributed by atoms with Crippen molar-refractivity contribution < 1.29 is 0 Å². The van der Waals surface area contributed by atoms with E-state index in [1.54, 1.807) is 0 Å². The molecule has 0 amide bonds. The van der Waals surface area contributed by atoms with Crippen LogP contribution in [0.15, 0.2) is 182 Å². The molecule has 2 aromatic heterocycles. The Bertz CT molecular complexity index is 2530. The second-order valence-electron chi connectivity index (χ2n) is 12.1. The standard InChI is InChI=1S/C45H30N4/c1-4-16-31(17-5-1)34-22-14-23-35(30-34)49-41-29-13-12-25-37(41)39-28-15-27-38(42(39)49)36-24-10-11-26-40(36)45-47-43(32-18-6-2-7-19-32)46-44(48-45)33-20-8-3-9-21-33/h1-30H. The van der Waals surface area contributed by atoms with Crippen LogP contribution in [0.1, 0.15) is 0 Å². The van der Waals surface area contributed by atoms with Gasteiger partial charge in [-0.25, -0.2) is 15.0 Å². The fourth-order valence-electron chi connectivity index (χ4n) is 6.80. The lowest BCUT2D eigenvalue weighted by atomic mass is 9.96. The molecule has 0 aliphatic heterocycles. The third-order valence-electron chi connectivity index (χ3n) is 9.06. The van der Waals surface area contributed by atoms with Crippen LogP contribution in [-0.4, -0.2) is 19.5 Å². The predicted molar refractivity (Wildman–Crippen MR) is 201 cm³/mol. The molecule has 0 aliphatic rings. The van der Waals surface area contributed by atoms with Gasteiger partial charge >= 0.3 is 0 Å². The van der Waals surface area contributed by atoms with Crippen molar-refractivity contribution in [2.24, 2.45) is 0 Å². The van der Waals surface area contributed by atoms with E-state index in [-0.39, 0.29) is 0 Å². The van der Waals surface area contributed by atoms with Gasteiger partial charge in [0.25, 0.3) is 0 Å². The van der Waals surface area contributed by atoms with E-state index in [4.69, 9.17) is 15.0 Å². The number of nitrogens with zero attached hydrogens (tertiary/aromatic N) is 4. The van der Waals surface area contributed by atoms with Crippen LogP contribution in [0.2, 0.25) is 0 Å². The molecule has 230 valence electrons. The quantitative estimate of drug-likeness (QED) is 0.184. The van der Waals surface area contributed by atoms with E-state index in [9.17, 15) is 0 Å². The summed E-state index contributed by atoms with van der Waals surface area (Å²) >= 11 is 0. The molecule has 0 aliphatic carbocycles. The van der Waals surface area contributed by atoms with Gasteiger partial charge in [0.05, 0.1) is 11.0 Å². The van der Waals surface area contributed by atoms with E-state index in [1.165, 1.54) is 21.9 Å². The molecule has 9 rings (SSSR count). The molecule has 0 spiro atoms. The molecular weight excluding hydrogens is 597 g/mol. The molecule has 49 heavy (non-hydrogen) atoms. The predicted octanol–water partition coefficient (Wildman–Crippen LogP) is 11.3. The fourth-order valence-corrected chi connectivity index (χ4v) is 6.80. The lowest BCUT2D eigenvalue weighted by Gasteiger charge is -2.15. The van der Waals surface area contributed by atoms with E-state index in [0.717, 1.165) is 44.5 Å². The first kappa shape index (κ1) is 28.6. The monoisotopic (exact) mass is 626 g/mol. The van der Waals surface area contributed by atoms with Gasteiger partial charge in [-0.3, -0.25) is 0 Å². The van der Waals surface area contributed by atoms with Gasteiger partial charge in [0.15, 0.2) is 17.5 Å². The molecule has 0 fully saturated rings. The van der Waals surface area contributed by atoms with Crippen molar-refractivity contribution in [1.29, 1.82) is 0 Å². The van der Waals surface area contributed by atoms with Gasteiger partial charge in [-0.15, -0.1) is 0 Å². The van der Waals surface area contributed by atoms with Gasteiger partial charge in [-0.2, -0.15) is 0 Å². The fraction of sp³-hybridized carbons (Fsp3) is 0. The summed E-state index contributed by atoms with van der Waals surface area (Å²) in [5.74, 6) is 1.92. The first-order chi connectivity index (χ1) is 24.3. The van der Waals surface area contributed by atoms with E-state index >= 15 is 0 Å². The van der Waals surface area contributed by atoms with E-state index in [1.807, 2.05) is 60.7 Å². The van der Waals surface area contributed by atoms with Crippen molar-refractivity contribution in [3.05, 3.63) is 182 Å². The zero-order valence-corrected chi connectivity index (χ0v) is 26.6. The molecule has 0 radical (unpaired) electrons. The molecule has 4 nitrogen and oxygen atoms in total. The Balaban J connectivity index is 1.30. The van der Waals surface area contributed by atoms with Crippen molar-refractivity contribution in [3.63, 3.8) is 0 Å². The van der Waals surface area contributed by atoms with Gasteiger partial charge in [0, 0.05) is 38.7 Å². The SMILES string of the molecule is c1ccc(-c2cccc(-n3c4ccccc4c4cccc(-c5ccccc5-c5nc(-c6ccccc6)nc(-c6ccccc6)n5)c43)c2)cc1. The summed E-state index contributed by atoms with van der Waals surface area (Å²) in [4.78, 5) is 15.2. The third-order valence-corrected chi connectivity index (χ3v) is 9.06. The van der Waals surface area contributed by atoms with E-state index < -0.39 is 0 Å². The number of aromatic nitrogens is 4. The van der Waals surface area contributed by atoms with Crippen LogP contribution >= 0.6 is 0 Å². The molecule has 0 saturated heterocycles. The number of fused-ring (bicyclic) bond motifs is 3. The Morgan fingerprint density at radius 2 is 0.816 bits per heavy atom. The lowest BCUT2D eigenvalue weighted by Crippen LogP contribution is -2.01. The summed E-state index contributed by atoms with van der Waals surface area (Å²) in [6.07, 6.45) is 0. The summed E-state index contributed by atoms with van der Waals surface area (Å²) in [7, 11) is 0. The number of rotatable bonds is 6. The van der Waals surface area contributed by atoms with Crippen LogP contribution in [0.25, 0.3) is 83.9 Å². The number of hydrogen-bond acceptors (Lipinski definition) is 3. The highest BCUT2D eigenvalue weighted by molar-refractivity contribution is 6.14. The average Bonchev–Trinajstić information content (AvgIpc) is 3.53. The molecule has 9 aromatic rings. The Kier molecular flexibility index (Phi) is 7.10. The topological polar surface area (TPSA) is 43.6 Å². The second kappa shape index (κ2) is 12.2. The maximum absolute atomic E-state index is 5.11. The van der Waals surface area contributed by atoms with Gasteiger partial charge in [0.2, 0.25) is 0 Å². The summed E-state index contributed by atoms with van der Waals surface area (Å²) in [6, 6.07) is 63.4. The van der Waals surface area contributed by atoms with E-state index in [0.29, 0.717) is 17.5 Å². The molecule has 4 heteroatoms. The maximum Gasteiger partial charge on any atom is 0.164 e. The third kappa shape index (κ3) is 5.16. The lowest BCUT2D eigenvalue weighted by molar-refractivity contribution is 1.07. The van der Waals surface area contributed by atoms with Crippen LogP contribution in [0, 0.1) is 0 Å². The molecule has 2 heterocycles. The summed E-state index contributed by atoms with van der Waals surface area (Å²) in [5.41, 5.74) is 10.8. The molecule has 0 bridgehead atoms. The van der Waals surface area contributed by atoms with Gasteiger partial charge in [-0.1, -0.05) is 164 Å². The number of hydrogen-bond donors (Lipinski definition) is 0. The highest BCUT2D eigenvalue weighted by Gasteiger charge is 2.20. The highest BCUT2D eigenvalue weighted by atomic mass is 15.0. The minimum Gasteiger partial charge on any atom is -0.309 e. The number of benzene rings is 7. The Hall–Kier alpha value is -6.65. The molecule has 7 aromatic carbocycles. The van der Waals surface area contributed by atoms with E-state index in [2.05, 4.69) is 126 Å². The van der Waals surface area contributed by atoms with Gasteiger partial charge in [-0.05, 0) is 34.9 Å². The van der Waals surface area contributed by atoms with Crippen molar-refractivity contribution in [2.75, 3.05) is 0 Å². The Labute approximate surface area is 284 Å². The Morgan fingerprint density at radius 3 is 1.51 bits per heavy atom. The molecule has 0 atom stereocenters. The average molecular weight is 627 g/mol. The largest absolute Gasteiger partial charge is 0.309 e. The highest BCUT2D eigenvalue weighted by Crippen LogP contribution is 2.41. The minimum absolute atomic E-state index is 0.633. The zero-order valence-electron chi connectivity index (χ0n) is 26.6. The molecular formula is C45H30N4. The summed E-state index contributed by atoms with van der Waals surface area (Å²) in [5, 5.41) is 2.40. The smallest absolute Gasteiger partial charge is 0.164 e. The van der Waals surface area contributed by atoms with Crippen LogP contribution in [0.3, 0.4) is 0 Å². The first-order valence-corrected chi connectivity index (χ1v) is 16.5. The molecule has 0 N–H and O–H groups in total. The van der Waals surface area contributed by atoms with Crippen LogP contribution in [0.5, 0.6) is 0 Å². The maximum atomic E-state index is 5.11. The normalized spacial score (nSPS) is 11.3. The summed E-state index contributed by atoms with van der Waals surface area (Å²) < 4.78 is 2.40. The Morgan fingerprint density at radius 1 is 0.327 bits per heavy atom. The minimum atomic E-state index is 0.633. The second-order valence-corrected chi connectivity index (χ2v) is 12.1. The van der Waals surface area contributed by atoms with Crippen LogP contribution in [0.4, 0.5) is 0 Å². The van der Waals surface area contributed by atoms with Crippen LogP contribution < -0.4 is 0 Å². The van der Waals surface area contributed by atoms with Crippen LogP contribution in [-0.2, 0) is 0 Å². The zero-order chi connectivity index (χ0) is 32.6.